The molecule has 2 aromatic rings. The van der Waals surface area contributed by atoms with Crippen molar-refractivity contribution in [1.82, 2.24) is 9.62 Å². The van der Waals surface area contributed by atoms with Crippen LogP contribution in [0.1, 0.15) is 41.8 Å². The van der Waals surface area contributed by atoms with E-state index in [4.69, 9.17) is 9.47 Å². The Morgan fingerprint density at radius 1 is 1.03 bits per heavy atom. The smallest absolute Gasteiger partial charge is 0.338 e. The van der Waals surface area contributed by atoms with E-state index in [1.165, 1.54) is 34.1 Å². The first-order valence-corrected chi connectivity index (χ1v) is 12.8. The van der Waals surface area contributed by atoms with Crippen molar-refractivity contribution in [2.75, 3.05) is 26.2 Å². The van der Waals surface area contributed by atoms with Crippen LogP contribution in [-0.4, -0.2) is 63.0 Å². The minimum absolute atomic E-state index is 0.0265. The van der Waals surface area contributed by atoms with Gasteiger partial charge in [0.15, 0.2) is 0 Å². The van der Waals surface area contributed by atoms with Gasteiger partial charge in [-0.25, -0.2) is 13.2 Å². The fourth-order valence-electron chi connectivity index (χ4n) is 3.76. The molecule has 1 aliphatic rings. The molecule has 9 heteroatoms. The molecule has 184 valence electrons. The van der Waals surface area contributed by atoms with Crippen molar-refractivity contribution in [3.05, 3.63) is 65.2 Å². The number of carbonyl (C=O) groups is 2. The second-order valence-corrected chi connectivity index (χ2v) is 10.5. The van der Waals surface area contributed by atoms with Crippen LogP contribution in [0.3, 0.4) is 0 Å². The van der Waals surface area contributed by atoms with Gasteiger partial charge in [0.05, 0.1) is 29.2 Å². The molecule has 1 fully saturated rings. The summed E-state index contributed by atoms with van der Waals surface area (Å²) in [6.45, 7) is 6.49. The summed E-state index contributed by atoms with van der Waals surface area (Å²) < 4.78 is 38.0. The van der Waals surface area contributed by atoms with Crippen LogP contribution in [0.5, 0.6) is 0 Å². The fourth-order valence-corrected chi connectivity index (χ4v) is 5.35. The molecule has 2 aromatic carbocycles. The molecule has 34 heavy (non-hydrogen) atoms. The van der Waals surface area contributed by atoms with E-state index in [0.29, 0.717) is 12.8 Å². The van der Waals surface area contributed by atoms with Crippen molar-refractivity contribution in [3.8, 4) is 0 Å². The van der Waals surface area contributed by atoms with Crippen molar-refractivity contribution in [2.24, 2.45) is 0 Å². The van der Waals surface area contributed by atoms with Crippen LogP contribution in [0, 0.1) is 6.92 Å². The average molecular weight is 489 g/mol. The first-order valence-electron chi connectivity index (χ1n) is 11.4. The first kappa shape index (κ1) is 25.9. The van der Waals surface area contributed by atoms with Crippen molar-refractivity contribution < 1.29 is 27.5 Å². The van der Waals surface area contributed by atoms with Gasteiger partial charge < -0.3 is 14.8 Å². The van der Waals surface area contributed by atoms with Gasteiger partial charge in [-0.1, -0.05) is 29.8 Å². The highest BCUT2D eigenvalue weighted by Gasteiger charge is 2.32. The van der Waals surface area contributed by atoms with E-state index in [1.807, 2.05) is 45.0 Å². The van der Waals surface area contributed by atoms with Gasteiger partial charge in [-0.3, -0.25) is 4.79 Å². The Labute approximate surface area is 201 Å². The normalized spacial score (nSPS) is 18.9. The number of carbonyl (C=O) groups excluding carboxylic acids is 2. The summed E-state index contributed by atoms with van der Waals surface area (Å²) in [6, 6.07) is 13.7. The highest BCUT2D eigenvalue weighted by Crippen LogP contribution is 2.21. The van der Waals surface area contributed by atoms with Gasteiger partial charge in [-0.2, -0.15) is 4.31 Å². The number of rotatable bonds is 9. The van der Waals surface area contributed by atoms with Crippen LogP contribution in [0.2, 0.25) is 0 Å². The maximum absolute atomic E-state index is 12.9. The molecule has 1 heterocycles. The Hall–Kier alpha value is -2.75. The van der Waals surface area contributed by atoms with Crippen molar-refractivity contribution in [3.63, 3.8) is 0 Å². The minimum atomic E-state index is -3.67. The Bertz CT molecular complexity index is 1070. The van der Waals surface area contributed by atoms with E-state index in [0.717, 1.165) is 5.56 Å². The van der Waals surface area contributed by atoms with E-state index >= 15 is 0 Å². The van der Waals surface area contributed by atoms with Gasteiger partial charge in [0.2, 0.25) is 15.9 Å². The zero-order valence-electron chi connectivity index (χ0n) is 19.8. The lowest BCUT2D eigenvalue weighted by Crippen LogP contribution is -2.48. The number of hydrogen-bond donors (Lipinski definition) is 1. The second kappa shape index (κ2) is 11.6. The molecule has 3 rings (SSSR count). The molecule has 0 aliphatic carbocycles. The van der Waals surface area contributed by atoms with Gasteiger partial charge in [-0.15, -0.1) is 0 Å². The third-order valence-electron chi connectivity index (χ3n) is 5.53. The number of morpholine rings is 1. The predicted molar refractivity (Wildman–Crippen MR) is 128 cm³/mol. The van der Waals surface area contributed by atoms with Crippen LogP contribution in [-0.2, 0) is 30.7 Å². The van der Waals surface area contributed by atoms with E-state index in [9.17, 15) is 18.0 Å². The minimum Gasteiger partial charge on any atom is -0.460 e. The molecular formula is C25H32N2O6S. The third kappa shape index (κ3) is 7.12. The number of sulfonamides is 1. The maximum atomic E-state index is 12.9. The predicted octanol–water partition coefficient (Wildman–Crippen LogP) is 2.70. The molecule has 1 saturated heterocycles. The second-order valence-electron chi connectivity index (χ2n) is 8.58. The lowest BCUT2D eigenvalue weighted by molar-refractivity contribution is -0.121. The molecule has 0 spiro atoms. The molecule has 1 aliphatic heterocycles. The van der Waals surface area contributed by atoms with E-state index in [-0.39, 0.29) is 54.8 Å². The average Bonchev–Trinajstić information content (AvgIpc) is 2.81. The third-order valence-corrected chi connectivity index (χ3v) is 7.38. The van der Waals surface area contributed by atoms with Gasteiger partial charge in [0.25, 0.3) is 0 Å². The number of esters is 1. The quantitative estimate of drug-likeness (QED) is 0.430. The number of benzene rings is 2. The molecule has 2 unspecified atom stereocenters. The summed E-state index contributed by atoms with van der Waals surface area (Å²) in [6.07, 6.45) is 0.628. The number of aryl methyl sites for hydroxylation is 2. The summed E-state index contributed by atoms with van der Waals surface area (Å²) in [7, 11) is -3.67. The van der Waals surface area contributed by atoms with Gasteiger partial charge in [0.1, 0.15) is 6.61 Å². The molecule has 0 bridgehead atoms. The van der Waals surface area contributed by atoms with Crippen LogP contribution >= 0.6 is 0 Å². The van der Waals surface area contributed by atoms with Gasteiger partial charge in [-0.05, 0) is 57.0 Å². The highest BCUT2D eigenvalue weighted by atomic mass is 32.2. The van der Waals surface area contributed by atoms with Crippen molar-refractivity contribution in [1.29, 1.82) is 0 Å². The number of ether oxygens (including phenoxy) is 2. The van der Waals surface area contributed by atoms with E-state index < -0.39 is 16.0 Å². The van der Waals surface area contributed by atoms with Gasteiger partial charge in [0, 0.05) is 19.5 Å². The summed E-state index contributed by atoms with van der Waals surface area (Å²) >= 11 is 0. The maximum Gasteiger partial charge on any atom is 0.338 e. The van der Waals surface area contributed by atoms with Crippen molar-refractivity contribution >= 4 is 21.9 Å². The largest absolute Gasteiger partial charge is 0.460 e. The Kier molecular flexibility index (Phi) is 8.82. The van der Waals surface area contributed by atoms with Crippen LogP contribution in [0.15, 0.2) is 53.4 Å². The number of nitrogens with zero attached hydrogens (tertiary/aromatic N) is 1. The van der Waals surface area contributed by atoms with Crippen LogP contribution in [0.25, 0.3) is 0 Å². The Balaban J connectivity index is 1.43. The zero-order valence-corrected chi connectivity index (χ0v) is 20.6. The number of hydrogen-bond acceptors (Lipinski definition) is 6. The molecule has 2 atom stereocenters. The highest BCUT2D eigenvalue weighted by molar-refractivity contribution is 7.89. The molecule has 1 N–H and O–H groups in total. The number of nitrogens with one attached hydrogen (secondary N) is 1. The molecule has 0 aromatic heterocycles. The van der Waals surface area contributed by atoms with E-state index in [1.54, 1.807) is 0 Å². The monoisotopic (exact) mass is 488 g/mol. The summed E-state index contributed by atoms with van der Waals surface area (Å²) in [5.41, 5.74) is 2.51. The van der Waals surface area contributed by atoms with Gasteiger partial charge >= 0.3 is 5.97 Å². The standard InChI is InChI=1S/C25H32N2O6S/c1-18-4-6-21(7-5-18)8-13-24(28)26-14-15-32-25(29)22-9-11-23(12-10-22)34(30,31)27-16-19(2)33-20(3)17-27/h4-7,9-12,19-20H,8,13-17H2,1-3H3,(H,26,28). The molecular weight excluding hydrogens is 456 g/mol. The van der Waals surface area contributed by atoms with Crippen LogP contribution in [0.4, 0.5) is 0 Å². The Morgan fingerprint density at radius 2 is 1.65 bits per heavy atom. The SMILES string of the molecule is Cc1ccc(CCC(=O)NCCOC(=O)c2ccc(S(=O)(=O)N3CC(C)OC(C)C3)cc2)cc1. The topological polar surface area (TPSA) is 102 Å². The lowest BCUT2D eigenvalue weighted by Gasteiger charge is -2.34. The fraction of sp³-hybridized carbons (Fsp3) is 0.440. The number of amides is 1. The molecule has 1 amide bonds. The van der Waals surface area contributed by atoms with Crippen molar-refractivity contribution in [2.45, 2.75) is 50.7 Å². The van der Waals surface area contributed by atoms with E-state index in [2.05, 4.69) is 5.32 Å². The Morgan fingerprint density at radius 3 is 2.26 bits per heavy atom. The summed E-state index contributed by atoms with van der Waals surface area (Å²) in [5.74, 6) is -0.690. The lowest BCUT2D eigenvalue weighted by atomic mass is 10.1. The summed E-state index contributed by atoms with van der Waals surface area (Å²) in [4.78, 5) is 24.4. The molecule has 8 nitrogen and oxygen atoms in total. The summed E-state index contributed by atoms with van der Waals surface area (Å²) in [5, 5.41) is 2.73. The van der Waals surface area contributed by atoms with Crippen LogP contribution < -0.4 is 5.32 Å². The molecule has 0 saturated carbocycles. The first-order chi connectivity index (χ1) is 16.1. The zero-order chi connectivity index (χ0) is 24.7. The molecule has 0 radical (unpaired) electrons.